The van der Waals surface area contributed by atoms with Crippen LogP contribution in [0.1, 0.15) is 18.4 Å². The molecule has 27 heavy (non-hydrogen) atoms. The smallest absolute Gasteiger partial charge is 0.322 e. The van der Waals surface area contributed by atoms with Gasteiger partial charge in [-0.1, -0.05) is 42.5 Å². The van der Waals surface area contributed by atoms with Gasteiger partial charge in [-0.05, 0) is 37.0 Å². The lowest BCUT2D eigenvalue weighted by Gasteiger charge is -2.24. The molecule has 0 aromatic heterocycles. The third-order valence-corrected chi connectivity index (χ3v) is 4.72. The molecule has 1 heterocycles. The van der Waals surface area contributed by atoms with E-state index in [0.717, 1.165) is 12.8 Å². The molecule has 1 aliphatic rings. The van der Waals surface area contributed by atoms with Crippen molar-refractivity contribution >= 4 is 17.6 Å². The van der Waals surface area contributed by atoms with E-state index in [1.54, 1.807) is 24.1 Å². The van der Waals surface area contributed by atoms with Crippen molar-refractivity contribution in [1.82, 2.24) is 10.2 Å². The maximum absolute atomic E-state index is 12.7. The molecular weight excluding hydrogens is 342 g/mol. The Hall–Kier alpha value is -3.02. The number of hydrogen-bond acceptors (Lipinski definition) is 3. The van der Waals surface area contributed by atoms with Gasteiger partial charge in [-0.15, -0.1) is 0 Å². The minimum Gasteiger partial charge on any atom is -0.495 e. The number of amides is 3. The average Bonchev–Trinajstić information content (AvgIpc) is 3.19. The van der Waals surface area contributed by atoms with E-state index in [1.807, 2.05) is 42.5 Å². The lowest BCUT2D eigenvalue weighted by atomic mass is 10.1. The molecule has 0 bridgehead atoms. The average molecular weight is 367 g/mol. The zero-order valence-electron chi connectivity index (χ0n) is 15.5. The number of hydrogen-bond donors (Lipinski definition) is 2. The summed E-state index contributed by atoms with van der Waals surface area (Å²) < 4.78 is 5.27. The van der Waals surface area contributed by atoms with Crippen molar-refractivity contribution in [2.75, 3.05) is 25.5 Å². The number of nitrogens with zero attached hydrogens (tertiary/aromatic N) is 1. The van der Waals surface area contributed by atoms with Gasteiger partial charge < -0.3 is 20.3 Å². The maximum Gasteiger partial charge on any atom is 0.322 e. The van der Waals surface area contributed by atoms with Crippen molar-refractivity contribution in [2.24, 2.45) is 0 Å². The number of ether oxygens (including phenoxy) is 1. The second kappa shape index (κ2) is 9.07. The first-order chi connectivity index (χ1) is 13.2. The number of carbonyl (C=O) groups is 2. The molecule has 1 saturated heterocycles. The standard InChI is InChI=1S/C21H25N3O3/c1-27-19-12-6-5-10-17(19)23-21(26)24-15-7-11-18(24)20(25)22-14-13-16-8-3-2-4-9-16/h2-6,8-10,12,18H,7,11,13-15H2,1H3,(H,22,25)(H,23,26)/t18-/m0/s1. The zero-order valence-corrected chi connectivity index (χ0v) is 15.5. The topological polar surface area (TPSA) is 70.7 Å². The molecule has 0 unspecified atom stereocenters. The van der Waals surface area contributed by atoms with Gasteiger partial charge in [-0.25, -0.2) is 4.79 Å². The number of urea groups is 1. The third kappa shape index (κ3) is 4.78. The van der Waals surface area contributed by atoms with Gasteiger partial charge in [0, 0.05) is 13.1 Å². The first-order valence-electron chi connectivity index (χ1n) is 9.21. The van der Waals surface area contributed by atoms with E-state index < -0.39 is 6.04 Å². The molecule has 2 aromatic rings. The van der Waals surface area contributed by atoms with Crippen LogP contribution in [0.15, 0.2) is 54.6 Å². The molecular formula is C21H25N3O3. The van der Waals surface area contributed by atoms with Crippen LogP contribution in [0, 0.1) is 0 Å². The molecule has 6 heteroatoms. The lowest BCUT2D eigenvalue weighted by molar-refractivity contribution is -0.124. The summed E-state index contributed by atoms with van der Waals surface area (Å²) in [6, 6.07) is 16.5. The second-order valence-corrected chi connectivity index (χ2v) is 6.51. The minimum absolute atomic E-state index is 0.0985. The highest BCUT2D eigenvalue weighted by atomic mass is 16.5. The number of benzene rings is 2. The van der Waals surface area contributed by atoms with E-state index in [-0.39, 0.29) is 11.9 Å². The molecule has 1 aliphatic heterocycles. The molecule has 0 aliphatic carbocycles. The Morgan fingerprint density at radius 1 is 1.11 bits per heavy atom. The number of anilines is 1. The van der Waals surface area contributed by atoms with Crippen molar-refractivity contribution in [3.8, 4) is 5.75 Å². The number of methoxy groups -OCH3 is 1. The van der Waals surface area contributed by atoms with Gasteiger partial charge in [0.05, 0.1) is 12.8 Å². The van der Waals surface area contributed by atoms with Crippen LogP contribution in [0.3, 0.4) is 0 Å². The van der Waals surface area contributed by atoms with E-state index in [1.165, 1.54) is 5.56 Å². The van der Waals surface area contributed by atoms with Crippen molar-refractivity contribution in [1.29, 1.82) is 0 Å². The summed E-state index contributed by atoms with van der Waals surface area (Å²) in [6.45, 7) is 1.12. The summed E-state index contributed by atoms with van der Waals surface area (Å²) in [4.78, 5) is 26.8. The summed E-state index contributed by atoms with van der Waals surface area (Å²) in [5.74, 6) is 0.493. The summed E-state index contributed by atoms with van der Waals surface area (Å²) in [6.07, 6.45) is 2.26. The van der Waals surface area contributed by atoms with Crippen molar-refractivity contribution in [2.45, 2.75) is 25.3 Å². The Bertz CT molecular complexity index is 779. The second-order valence-electron chi connectivity index (χ2n) is 6.51. The molecule has 2 N–H and O–H groups in total. The molecule has 6 nitrogen and oxygen atoms in total. The van der Waals surface area contributed by atoms with Crippen LogP contribution in [0.2, 0.25) is 0 Å². The van der Waals surface area contributed by atoms with Crippen LogP contribution in [0.5, 0.6) is 5.75 Å². The van der Waals surface area contributed by atoms with Crippen LogP contribution in [0.25, 0.3) is 0 Å². The summed E-state index contributed by atoms with van der Waals surface area (Å²) in [5.41, 5.74) is 1.77. The Balaban J connectivity index is 1.55. The van der Waals surface area contributed by atoms with Crippen LogP contribution in [0.4, 0.5) is 10.5 Å². The van der Waals surface area contributed by atoms with E-state index in [0.29, 0.717) is 30.9 Å². The highest BCUT2D eigenvalue weighted by Crippen LogP contribution is 2.25. The first-order valence-corrected chi connectivity index (χ1v) is 9.21. The monoisotopic (exact) mass is 367 g/mol. The number of likely N-dealkylation sites (tertiary alicyclic amines) is 1. The fraction of sp³-hybridized carbons (Fsp3) is 0.333. The molecule has 1 atom stereocenters. The van der Waals surface area contributed by atoms with Crippen LogP contribution >= 0.6 is 0 Å². The van der Waals surface area contributed by atoms with Gasteiger partial charge in [0.25, 0.3) is 0 Å². The fourth-order valence-electron chi connectivity index (χ4n) is 3.31. The van der Waals surface area contributed by atoms with Crippen LogP contribution < -0.4 is 15.4 Å². The summed E-state index contributed by atoms with van der Waals surface area (Å²) in [7, 11) is 1.56. The van der Waals surface area contributed by atoms with E-state index >= 15 is 0 Å². The Morgan fingerprint density at radius 3 is 2.63 bits per heavy atom. The molecule has 0 saturated carbocycles. The first kappa shape index (κ1) is 18.8. The van der Waals surface area contributed by atoms with Gasteiger partial charge in [0.15, 0.2) is 0 Å². The number of rotatable bonds is 6. The van der Waals surface area contributed by atoms with Crippen molar-refractivity contribution in [3.63, 3.8) is 0 Å². The molecule has 0 radical (unpaired) electrons. The normalized spacial score (nSPS) is 16.0. The Kier molecular flexibility index (Phi) is 6.30. The predicted octanol–water partition coefficient (Wildman–Crippen LogP) is 3.05. The van der Waals surface area contributed by atoms with Gasteiger partial charge in [-0.3, -0.25) is 4.79 Å². The molecule has 2 aromatic carbocycles. The predicted molar refractivity (Wildman–Crippen MR) is 105 cm³/mol. The number of nitrogens with one attached hydrogen (secondary N) is 2. The van der Waals surface area contributed by atoms with Gasteiger partial charge in [0.1, 0.15) is 11.8 Å². The molecule has 3 rings (SSSR count). The summed E-state index contributed by atoms with van der Waals surface area (Å²) >= 11 is 0. The van der Waals surface area contributed by atoms with Gasteiger partial charge >= 0.3 is 6.03 Å². The van der Waals surface area contributed by atoms with Crippen LogP contribution in [-0.4, -0.2) is 43.1 Å². The molecule has 142 valence electrons. The zero-order chi connectivity index (χ0) is 19.1. The van der Waals surface area contributed by atoms with E-state index in [9.17, 15) is 9.59 Å². The maximum atomic E-state index is 12.7. The molecule has 1 fully saturated rings. The largest absolute Gasteiger partial charge is 0.495 e. The summed E-state index contributed by atoms with van der Waals surface area (Å²) in [5, 5.41) is 5.81. The van der Waals surface area contributed by atoms with E-state index in [2.05, 4.69) is 10.6 Å². The number of carbonyl (C=O) groups excluding carboxylic acids is 2. The van der Waals surface area contributed by atoms with Crippen LogP contribution in [-0.2, 0) is 11.2 Å². The Labute approximate surface area is 159 Å². The van der Waals surface area contributed by atoms with E-state index in [4.69, 9.17) is 4.74 Å². The lowest BCUT2D eigenvalue weighted by Crippen LogP contribution is -2.47. The third-order valence-electron chi connectivity index (χ3n) is 4.72. The highest BCUT2D eigenvalue weighted by molar-refractivity contribution is 5.95. The Morgan fingerprint density at radius 2 is 1.85 bits per heavy atom. The molecule has 0 spiro atoms. The van der Waals surface area contributed by atoms with Gasteiger partial charge in [-0.2, -0.15) is 0 Å². The number of para-hydroxylation sites is 2. The highest BCUT2D eigenvalue weighted by Gasteiger charge is 2.34. The quantitative estimate of drug-likeness (QED) is 0.824. The minimum atomic E-state index is -0.435. The SMILES string of the molecule is COc1ccccc1NC(=O)N1CCC[C@H]1C(=O)NCCc1ccccc1. The van der Waals surface area contributed by atoms with Crippen molar-refractivity contribution < 1.29 is 14.3 Å². The van der Waals surface area contributed by atoms with Gasteiger partial charge in [0.2, 0.25) is 5.91 Å². The molecule has 3 amide bonds. The fourth-order valence-corrected chi connectivity index (χ4v) is 3.31. The van der Waals surface area contributed by atoms with Crippen molar-refractivity contribution in [3.05, 3.63) is 60.2 Å².